The van der Waals surface area contributed by atoms with Crippen LogP contribution in [-0.2, 0) is 44.7 Å². The van der Waals surface area contributed by atoms with Crippen LogP contribution in [0, 0.1) is 0 Å². The van der Waals surface area contributed by atoms with Crippen LogP contribution in [-0.4, -0.2) is 8.64 Å². The molecule has 0 bridgehead atoms. The fourth-order valence-corrected chi connectivity index (χ4v) is 0. The van der Waals surface area contributed by atoms with E-state index in [1.54, 1.807) is 0 Å². The maximum Gasteiger partial charge on any atom is 2.00 e. The third-order valence-corrected chi connectivity index (χ3v) is 0. The van der Waals surface area contributed by atoms with E-state index in [-0.39, 0.29) is 28.1 Å². The molecule has 0 spiro atoms. The third kappa shape index (κ3) is 12600. The van der Waals surface area contributed by atoms with Gasteiger partial charge in [-0.25, -0.2) is 0 Å². The molecule has 0 radical (unpaired) electrons. The zero-order valence-corrected chi connectivity index (χ0v) is 13.6. The summed E-state index contributed by atoms with van der Waals surface area (Å²) in [7, 11) is 0. The van der Waals surface area contributed by atoms with Crippen molar-refractivity contribution in [3.05, 3.63) is 26.3 Å². The molecule has 0 aromatic heterocycles. The summed E-state index contributed by atoms with van der Waals surface area (Å²) in [6, 6.07) is 0. The molecule has 0 heterocycles. The maximum absolute atomic E-state index is 4.66. The van der Waals surface area contributed by atoms with Gasteiger partial charge >= 0.3 is 19.5 Å². The van der Waals surface area contributed by atoms with E-state index in [4.69, 9.17) is 0 Å². The first kappa shape index (κ1) is 29.2. The molecule has 0 unspecified atom stereocenters. The Morgan fingerprint density at radius 1 is 0.846 bits per heavy atom. The van der Waals surface area contributed by atoms with E-state index in [0.29, 0.717) is 0 Å². The van der Waals surface area contributed by atoms with Gasteiger partial charge in [-0.05, 0) is 0 Å². The number of rotatable bonds is 0. The fourth-order valence-electron chi connectivity index (χ4n) is 0. The Kier molecular flexibility index (Phi) is 88.8. The predicted molar refractivity (Wildman–Crippen MR) is 70.8 cm³/mol. The number of nitrogens with two attached hydrogens (primary N) is 2. The third-order valence-electron chi connectivity index (χ3n) is 0. The van der Waals surface area contributed by atoms with E-state index in [1.165, 1.54) is 0 Å². The molecule has 0 saturated carbocycles. The Morgan fingerprint density at radius 3 is 0.846 bits per heavy atom. The van der Waals surface area contributed by atoms with E-state index in [1.807, 2.05) is 0 Å². The molecule has 0 aliphatic rings. The molecule has 0 fully saturated rings. The maximum atomic E-state index is 4.66. The quantitative estimate of drug-likeness (QED) is 0.303. The van der Waals surface area contributed by atoms with Gasteiger partial charge in [0.05, 0.1) is 0 Å². The zero-order valence-electron chi connectivity index (χ0n) is 7.32. The summed E-state index contributed by atoms with van der Waals surface area (Å²) in [4.78, 5) is 0. The van der Waals surface area contributed by atoms with Crippen molar-refractivity contribution in [3.8, 4) is 0 Å². The van der Waals surface area contributed by atoms with Gasteiger partial charge < -0.3 is 61.2 Å². The van der Waals surface area contributed by atoms with E-state index in [0.717, 1.165) is 0 Å². The van der Waals surface area contributed by atoms with Crippen LogP contribution in [0.4, 0.5) is 0 Å². The van der Waals surface area contributed by atoms with Gasteiger partial charge in [-0.3, -0.25) is 0 Å². The Balaban J connectivity index is -0.0000000226. The van der Waals surface area contributed by atoms with Crippen LogP contribution >= 0.6 is 24.4 Å². The SMILES string of the molecule is C=C.C=C.NC(=S)[S-].NC(=S)[S-].[Zn+2]. The molecule has 0 aliphatic carbocycles. The molecule has 0 rings (SSSR count). The Bertz CT molecular complexity index is 99.2. The van der Waals surface area contributed by atoms with Crippen molar-refractivity contribution in [1.29, 1.82) is 0 Å². The minimum Gasteiger partial charge on any atom is -0.415 e. The van der Waals surface area contributed by atoms with Crippen LogP contribution in [0.25, 0.3) is 0 Å². The summed E-state index contributed by atoms with van der Waals surface area (Å²) >= 11 is 16.5. The van der Waals surface area contributed by atoms with E-state index < -0.39 is 0 Å². The van der Waals surface area contributed by atoms with Crippen molar-refractivity contribution in [2.75, 3.05) is 0 Å². The molecular formula is C6H12N2S4Zn. The second kappa shape index (κ2) is 39.5. The minimum absolute atomic E-state index is 0. The van der Waals surface area contributed by atoms with Gasteiger partial charge in [0.1, 0.15) is 0 Å². The number of thiocarbonyl (C=S) groups is 2. The molecule has 0 atom stereocenters. The van der Waals surface area contributed by atoms with Crippen LogP contribution in [0.5, 0.6) is 0 Å². The van der Waals surface area contributed by atoms with Crippen molar-refractivity contribution in [3.63, 3.8) is 0 Å². The van der Waals surface area contributed by atoms with Gasteiger partial charge in [0.2, 0.25) is 0 Å². The fraction of sp³-hybridized carbons (Fsp3) is 0. The number of hydrogen-bond donors (Lipinski definition) is 2. The van der Waals surface area contributed by atoms with Crippen molar-refractivity contribution in [2.45, 2.75) is 0 Å². The number of hydrogen-bond acceptors (Lipinski definition) is 4. The average Bonchev–Trinajstić information content (AvgIpc) is 1.93. The van der Waals surface area contributed by atoms with E-state index in [9.17, 15) is 0 Å². The molecule has 0 aliphatic heterocycles. The molecule has 4 N–H and O–H groups in total. The summed E-state index contributed by atoms with van der Waals surface area (Å²) in [5.74, 6) is 0. The smallest absolute Gasteiger partial charge is 0.415 e. The van der Waals surface area contributed by atoms with Crippen molar-refractivity contribution < 1.29 is 19.5 Å². The molecule has 13 heavy (non-hydrogen) atoms. The minimum atomic E-state index is 0. The van der Waals surface area contributed by atoms with Crippen molar-refractivity contribution >= 4 is 58.3 Å². The molecule has 0 saturated heterocycles. The summed E-state index contributed by atoms with van der Waals surface area (Å²) in [5, 5.41) is 0. The Labute approximate surface area is 115 Å². The largest absolute Gasteiger partial charge is 2.00 e. The summed E-state index contributed by atoms with van der Waals surface area (Å²) in [6.45, 7) is 12.0. The van der Waals surface area contributed by atoms with Gasteiger partial charge in [0.25, 0.3) is 0 Å². The van der Waals surface area contributed by atoms with Gasteiger partial charge in [0, 0.05) is 0 Å². The molecule has 0 aromatic rings. The molecule has 72 valence electrons. The molecular weight excluding hydrogens is 294 g/mol. The summed E-state index contributed by atoms with van der Waals surface area (Å²) in [5.41, 5.74) is 9.31. The van der Waals surface area contributed by atoms with Crippen LogP contribution < -0.4 is 11.5 Å². The summed E-state index contributed by atoms with van der Waals surface area (Å²) < 4.78 is 0.167. The van der Waals surface area contributed by atoms with Crippen molar-refractivity contribution in [1.82, 2.24) is 0 Å². The first-order chi connectivity index (χ1) is 5.46. The first-order valence-corrected chi connectivity index (χ1v) is 4.03. The van der Waals surface area contributed by atoms with Crippen LogP contribution in [0.3, 0.4) is 0 Å². The van der Waals surface area contributed by atoms with Crippen LogP contribution in [0.1, 0.15) is 0 Å². The second-order valence-corrected chi connectivity index (χ2v) is 2.91. The molecule has 0 amide bonds. The van der Waals surface area contributed by atoms with Gasteiger partial charge in [-0.15, -0.1) is 26.3 Å². The monoisotopic (exact) mass is 304 g/mol. The van der Waals surface area contributed by atoms with Crippen LogP contribution in [0.2, 0.25) is 0 Å². The molecule has 0 aromatic carbocycles. The topological polar surface area (TPSA) is 52.0 Å². The normalized spacial score (nSPS) is 4.31. The van der Waals surface area contributed by atoms with Gasteiger partial charge in [-0.1, -0.05) is 8.64 Å². The molecule has 7 heteroatoms. The zero-order chi connectivity index (χ0) is 11.2. The molecule has 2 nitrogen and oxygen atoms in total. The Hall–Kier alpha value is 0.323. The second-order valence-electron chi connectivity index (χ2n) is 0.638. The standard InChI is InChI=1S/2C2H4.2CH3NS2.Zn/c2*1-2;2*2-1(3)4;/h2*1-2H2;2*(H3,2,3,4);/q;;;;+2/p-2. The summed E-state index contributed by atoms with van der Waals surface area (Å²) in [6.07, 6.45) is 0. The van der Waals surface area contributed by atoms with Gasteiger partial charge in [-0.2, -0.15) is 0 Å². The van der Waals surface area contributed by atoms with E-state index >= 15 is 0 Å². The predicted octanol–water partition coefficient (Wildman–Crippen LogP) is 1.16. The van der Waals surface area contributed by atoms with Gasteiger partial charge in [0.15, 0.2) is 0 Å². The van der Waals surface area contributed by atoms with Crippen LogP contribution in [0.15, 0.2) is 26.3 Å². The van der Waals surface area contributed by atoms with Crippen molar-refractivity contribution in [2.24, 2.45) is 11.5 Å². The Morgan fingerprint density at radius 2 is 0.846 bits per heavy atom. The average molecular weight is 306 g/mol. The van der Waals surface area contributed by atoms with E-state index in [2.05, 4.69) is 87.5 Å². The first-order valence-electron chi connectivity index (χ1n) is 2.39.